The Kier molecular flexibility index (Phi) is 4.76. The van der Waals surface area contributed by atoms with Crippen molar-refractivity contribution in [1.29, 1.82) is 0 Å². The van der Waals surface area contributed by atoms with E-state index in [4.69, 9.17) is 0 Å². The highest BCUT2D eigenvalue weighted by molar-refractivity contribution is 9.10. The molecule has 19 heavy (non-hydrogen) atoms. The highest BCUT2D eigenvalue weighted by Gasteiger charge is 2.17. The van der Waals surface area contributed by atoms with Crippen molar-refractivity contribution in [2.45, 2.75) is 6.54 Å². The number of carbonyl (C=O) groups is 1. The standard InChI is InChI=1S/C13H10Br2FNOS/c1-17(6-9-5-8(14)7-19-9)13(18)10-3-2-4-11(16)12(10)15/h2-5,7H,6H2,1H3. The summed E-state index contributed by atoms with van der Waals surface area (Å²) in [5.74, 6) is -0.644. The van der Waals surface area contributed by atoms with Crippen LogP contribution in [0.15, 0.2) is 38.6 Å². The second-order valence-corrected chi connectivity index (χ2v) is 6.70. The van der Waals surface area contributed by atoms with Gasteiger partial charge in [-0.25, -0.2) is 4.39 Å². The molecule has 0 fully saturated rings. The van der Waals surface area contributed by atoms with E-state index in [-0.39, 0.29) is 10.4 Å². The minimum Gasteiger partial charge on any atom is -0.337 e. The number of rotatable bonds is 3. The molecule has 1 heterocycles. The van der Waals surface area contributed by atoms with E-state index in [1.807, 2.05) is 11.4 Å². The van der Waals surface area contributed by atoms with Crippen LogP contribution < -0.4 is 0 Å². The molecule has 0 radical (unpaired) electrons. The summed E-state index contributed by atoms with van der Waals surface area (Å²) in [5.41, 5.74) is 0.332. The quantitative estimate of drug-likeness (QED) is 0.724. The van der Waals surface area contributed by atoms with E-state index in [1.54, 1.807) is 29.4 Å². The number of carbonyl (C=O) groups excluding carboxylic acids is 1. The van der Waals surface area contributed by atoms with Crippen LogP contribution in [0.3, 0.4) is 0 Å². The molecule has 0 aliphatic rings. The van der Waals surface area contributed by atoms with Crippen molar-refractivity contribution < 1.29 is 9.18 Å². The van der Waals surface area contributed by atoms with E-state index in [1.165, 1.54) is 12.1 Å². The molecule has 6 heteroatoms. The van der Waals surface area contributed by atoms with Crippen molar-refractivity contribution in [1.82, 2.24) is 4.90 Å². The Balaban J connectivity index is 2.17. The predicted octanol–water partition coefficient (Wildman–Crippen LogP) is 4.68. The van der Waals surface area contributed by atoms with Gasteiger partial charge in [-0.3, -0.25) is 4.79 Å². The van der Waals surface area contributed by atoms with Crippen LogP contribution in [0.1, 0.15) is 15.2 Å². The van der Waals surface area contributed by atoms with Gasteiger partial charge < -0.3 is 4.90 Å². The zero-order chi connectivity index (χ0) is 14.0. The molecule has 2 aromatic rings. The van der Waals surface area contributed by atoms with Crippen molar-refractivity contribution >= 4 is 49.1 Å². The van der Waals surface area contributed by atoms with Crippen LogP contribution in [0.25, 0.3) is 0 Å². The molecule has 0 unspecified atom stereocenters. The summed E-state index contributed by atoms with van der Waals surface area (Å²) in [6, 6.07) is 6.42. The van der Waals surface area contributed by atoms with E-state index in [0.717, 1.165) is 9.35 Å². The fourth-order valence-electron chi connectivity index (χ4n) is 1.62. The van der Waals surface area contributed by atoms with Crippen molar-refractivity contribution in [2.24, 2.45) is 0 Å². The van der Waals surface area contributed by atoms with Crippen LogP contribution in [0.4, 0.5) is 4.39 Å². The zero-order valence-electron chi connectivity index (χ0n) is 9.99. The highest BCUT2D eigenvalue weighted by Crippen LogP contribution is 2.24. The topological polar surface area (TPSA) is 20.3 Å². The molecule has 0 saturated carbocycles. The first-order valence-corrected chi connectivity index (χ1v) is 7.88. The first-order valence-electron chi connectivity index (χ1n) is 5.41. The van der Waals surface area contributed by atoms with Gasteiger partial charge in [0.1, 0.15) is 5.82 Å². The van der Waals surface area contributed by atoms with Gasteiger partial charge in [-0.2, -0.15) is 0 Å². The molecule has 0 bridgehead atoms. The monoisotopic (exact) mass is 405 g/mol. The van der Waals surface area contributed by atoms with Crippen LogP contribution >= 0.6 is 43.2 Å². The summed E-state index contributed by atoms with van der Waals surface area (Å²) in [5, 5.41) is 1.96. The predicted molar refractivity (Wildman–Crippen MR) is 81.9 cm³/mol. The van der Waals surface area contributed by atoms with Gasteiger partial charge in [0.25, 0.3) is 5.91 Å². The zero-order valence-corrected chi connectivity index (χ0v) is 14.0. The Morgan fingerprint density at radius 2 is 2.16 bits per heavy atom. The average molecular weight is 407 g/mol. The maximum atomic E-state index is 13.4. The van der Waals surface area contributed by atoms with Crippen molar-refractivity contribution in [3.05, 3.63) is 54.8 Å². The average Bonchev–Trinajstić information content (AvgIpc) is 2.77. The Morgan fingerprint density at radius 3 is 2.79 bits per heavy atom. The van der Waals surface area contributed by atoms with E-state index in [2.05, 4.69) is 31.9 Å². The first-order chi connectivity index (χ1) is 8.99. The van der Waals surface area contributed by atoms with E-state index >= 15 is 0 Å². The van der Waals surface area contributed by atoms with Crippen molar-refractivity contribution in [3.8, 4) is 0 Å². The molecule has 1 aromatic heterocycles. The van der Waals surface area contributed by atoms with E-state index in [9.17, 15) is 9.18 Å². The summed E-state index contributed by atoms with van der Waals surface area (Å²) < 4.78 is 14.6. The molecule has 0 aliphatic heterocycles. The van der Waals surface area contributed by atoms with Gasteiger partial charge in [0.05, 0.1) is 16.6 Å². The minimum atomic E-state index is -0.432. The Bertz CT molecular complexity index is 614. The summed E-state index contributed by atoms with van der Waals surface area (Å²) in [7, 11) is 1.70. The summed E-state index contributed by atoms with van der Waals surface area (Å²) >= 11 is 8.06. The molecule has 0 atom stereocenters. The van der Waals surface area contributed by atoms with Gasteiger partial charge >= 0.3 is 0 Å². The third-order valence-electron chi connectivity index (χ3n) is 2.54. The van der Waals surface area contributed by atoms with E-state index < -0.39 is 5.82 Å². The molecule has 0 N–H and O–H groups in total. The number of nitrogens with zero attached hydrogens (tertiary/aromatic N) is 1. The van der Waals surface area contributed by atoms with Crippen molar-refractivity contribution in [2.75, 3.05) is 7.05 Å². The maximum Gasteiger partial charge on any atom is 0.255 e. The number of thiophene rings is 1. The second kappa shape index (κ2) is 6.15. The Morgan fingerprint density at radius 1 is 1.42 bits per heavy atom. The lowest BCUT2D eigenvalue weighted by molar-refractivity contribution is 0.0785. The van der Waals surface area contributed by atoms with Crippen LogP contribution in [-0.4, -0.2) is 17.9 Å². The smallest absolute Gasteiger partial charge is 0.255 e. The molecule has 2 nitrogen and oxygen atoms in total. The second-order valence-electron chi connectivity index (χ2n) is 3.99. The molecular weight excluding hydrogens is 397 g/mol. The van der Waals surface area contributed by atoms with Gasteiger partial charge in [-0.15, -0.1) is 11.3 Å². The number of hydrogen-bond acceptors (Lipinski definition) is 2. The normalized spacial score (nSPS) is 10.5. The molecular formula is C13H10Br2FNOS. The molecule has 0 spiro atoms. The number of amides is 1. The third kappa shape index (κ3) is 3.43. The number of halogens is 3. The Hall–Kier alpha value is -0.720. The van der Waals surface area contributed by atoms with E-state index in [0.29, 0.717) is 12.1 Å². The summed E-state index contributed by atoms with van der Waals surface area (Å²) in [4.78, 5) is 14.9. The fraction of sp³-hybridized carbons (Fsp3) is 0.154. The van der Waals surface area contributed by atoms with Crippen LogP contribution in [0.5, 0.6) is 0 Å². The van der Waals surface area contributed by atoms with Gasteiger partial charge in [-0.1, -0.05) is 6.07 Å². The largest absolute Gasteiger partial charge is 0.337 e. The fourth-order valence-corrected chi connectivity index (χ4v) is 3.55. The molecule has 1 amide bonds. The molecule has 1 aromatic carbocycles. The number of benzene rings is 1. The van der Waals surface area contributed by atoms with Crippen LogP contribution in [-0.2, 0) is 6.54 Å². The first kappa shape index (κ1) is 14.7. The maximum absolute atomic E-state index is 13.4. The van der Waals surface area contributed by atoms with Gasteiger partial charge in [-0.05, 0) is 50.1 Å². The SMILES string of the molecule is CN(Cc1cc(Br)cs1)C(=O)c1cccc(F)c1Br. The minimum absolute atomic E-state index is 0.208. The molecule has 100 valence electrons. The third-order valence-corrected chi connectivity index (χ3v) is 5.03. The molecule has 0 aliphatic carbocycles. The van der Waals surface area contributed by atoms with Gasteiger partial charge in [0.15, 0.2) is 0 Å². The summed E-state index contributed by atoms with van der Waals surface area (Å²) in [6.45, 7) is 0.498. The van der Waals surface area contributed by atoms with Crippen LogP contribution in [0.2, 0.25) is 0 Å². The highest BCUT2D eigenvalue weighted by atomic mass is 79.9. The lowest BCUT2D eigenvalue weighted by Gasteiger charge is -2.17. The number of hydrogen-bond donors (Lipinski definition) is 0. The van der Waals surface area contributed by atoms with Crippen molar-refractivity contribution in [3.63, 3.8) is 0 Å². The van der Waals surface area contributed by atoms with Gasteiger partial charge in [0.2, 0.25) is 0 Å². The van der Waals surface area contributed by atoms with Gasteiger partial charge in [0, 0.05) is 21.8 Å². The summed E-state index contributed by atoms with van der Waals surface area (Å²) in [6.07, 6.45) is 0. The Labute approximate surface area is 131 Å². The molecule has 0 saturated heterocycles. The lowest BCUT2D eigenvalue weighted by Crippen LogP contribution is -2.26. The lowest BCUT2D eigenvalue weighted by atomic mass is 10.2. The van der Waals surface area contributed by atoms with Crippen LogP contribution in [0, 0.1) is 5.82 Å². The molecule has 2 rings (SSSR count).